The minimum atomic E-state index is -0.291. The molecule has 7 nitrogen and oxygen atoms in total. The van der Waals surface area contributed by atoms with Crippen molar-refractivity contribution in [3.8, 4) is 11.5 Å². The van der Waals surface area contributed by atoms with Gasteiger partial charge in [0.2, 0.25) is 5.91 Å². The van der Waals surface area contributed by atoms with Crippen LogP contribution in [0.1, 0.15) is 23.9 Å². The Balaban J connectivity index is 1.41. The van der Waals surface area contributed by atoms with E-state index in [2.05, 4.69) is 10.3 Å². The number of aryl methyl sites for hydroxylation is 1. The van der Waals surface area contributed by atoms with Gasteiger partial charge in [0.15, 0.2) is 11.5 Å². The van der Waals surface area contributed by atoms with Crippen LogP contribution in [0.3, 0.4) is 0 Å². The molecule has 0 spiro atoms. The van der Waals surface area contributed by atoms with Gasteiger partial charge in [0, 0.05) is 32.6 Å². The molecule has 1 aromatic heterocycles. The number of hydrogen-bond donors (Lipinski definition) is 1. The van der Waals surface area contributed by atoms with E-state index in [0.29, 0.717) is 32.8 Å². The zero-order valence-electron chi connectivity index (χ0n) is 14.1. The molecule has 25 heavy (non-hydrogen) atoms. The van der Waals surface area contributed by atoms with Crippen LogP contribution in [0.2, 0.25) is 0 Å². The largest absolute Gasteiger partial charge is 0.486 e. The van der Waals surface area contributed by atoms with E-state index in [1.165, 1.54) is 0 Å². The summed E-state index contributed by atoms with van der Waals surface area (Å²) in [6.07, 6.45) is 3.99. The van der Waals surface area contributed by atoms with Gasteiger partial charge in [-0.25, -0.2) is 4.98 Å². The molecule has 0 radical (unpaired) electrons. The number of carbonyl (C=O) groups excluding carboxylic acids is 1. The molecular formula is C18H21N3O4. The molecule has 2 aliphatic heterocycles. The van der Waals surface area contributed by atoms with Gasteiger partial charge in [-0.05, 0) is 24.1 Å². The van der Waals surface area contributed by atoms with Gasteiger partial charge in [-0.3, -0.25) is 4.79 Å². The third-order valence-corrected chi connectivity index (χ3v) is 4.61. The van der Waals surface area contributed by atoms with E-state index in [1.54, 1.807) is 6.20 Å². The molecule has 1 amide bonds. The summed E-state index contributed by atoms with van der Waals surface area (Å²) in [6.45, 7) is 2.13. The van der Waals surface area contributed by atoms with Crippen LogP contribution in [0.25, 0.3) is 0 Å². The van der Waals surface area contributed by atoms with Crippen molar-refractivity contribution in [1.82, 2.24) is 14.9 Å². The second-order valence-corrected chi connectivity index (χ2v) is 6.28. The van der Waals surface area contributed by atoms with Crippen LogP contribution in [0.4, 0.5) is 0 Å². The average molecular weight is 343 g/mol. The molecule has 2 aliphatic rings. The SMILES string of the molecule is Cn1ccnc1[C@@H]1OCC[C@H]1C(=O)NCc1ccc2c(c1)OCCO2. The third-order valence-electron chi connectivity index (χ3n) is 4.61. The third kappa shape index (κ3) is 3.19. The normalized spacial score (nSPS) is 22.0. The van der Waals surface area contributed by atoms with Crippen LogP contribution in [-0.4, -0.2) is 35.3 Å². The lowest BCUT2D eigenvalue weighted by atomic mass is 9.99. The predicted molar refractivity (Wildman–Crippen MR) is 89.3 cm³/mol. The minimum Gasteiger partial charge on any atom is -0.486 e. The maximum Gasteiger partial charge on any atom is 0.226 e. The highest BCUT2D eigenvalue weighted by molar-refractivity contribution is 5.79. The first-order valence-corrected chi connectivity index (χ1v) is 8.47. The molecular weight excluding hydrogens is 322 g/mol. The molecule has 1 aromatic carbocycles. The Kier molecular flexibility index (Phi) is 4.31. The summed E-state index contributed by atoms with van der Waals surface area (Å²) in [4.78, 5) is 17.0. The summed E-state index contributed by atoms with van der Waals surface area (Å²) in [5.41, 5.74) is 0.977. The van der Waals surface area contributed by atoms with Crippen molar-refractivity contribution in [2.45, 2.75) is 19.1 Å². The number of benzene rings is 1. The summed E-state index contributed by atoms with van der Waals surface area (Å²) in [5.74, 6) is 2.03. The fraction of sp³-hybridized carbons (Fsp3) is 0.444. The minimum absolute atomic E-state index is 0.0135. The summed E-state index contributed by atoms with van der Waals surface area (Å²) in [6, 6.07) is 5.73. The predicted octanol–water partition coefficient (Wildman–Crippen LogP) is 1.59. The Hall–Kier alpha value is -2.54. The van der Waals surface area contributed by atoms with Gasteiger partial charge in [0.25, 0.3) is 0 Å². The standard InChI is InChI=1S/C18H21N3O4/c1-21-6-5-19-17(21)16-13(4-7-25-16)18(22)20-11-12-2-3-14-15(10-12)24-9-8-23-14/h2-3,5-6,10,13,16H,4,7-9,11H2,1H3,(H,20,22)/t13-,16-/m1/s1. The topological polar surface area (TPSA) is 74.6 Å². The number of nitrogens with zero attached hydrogens (tertiary/aromatic N) is 2. The molecule has 1 fully saturated rings. The monoisotopic (exact) mass is 343 g/mol. The van der Waals surface area contributed by atoms with Crippen LogP contribution in [0.15, 0.2) is 30.6 Å². The highest BCUT2D eigenvalue weighted by Crippen LogP contribution is 2.34. The molecule has 4 rings (SSSR count). The second kappa shape index (κ2) is 6.76. The molecule has 0 unspecified atom stereocenters. The van der Waals surface area contributed by atoms with E-state index in [0.717, 1.165) is 22.9 Å². The number of hydrogen-bond acceptors (Lipinski definition) is 5. The Morgan fingerprint density at radius 2 is 2.12 bits per heavy atom. The molecule has 132 valence electrons. The maximum absolute atomic E-state index is 12.6. The highest BCUT2D eigenvalue weighted by Gasteiger charge is 2.37. The first kappa shape index (κ1) is 16.0. The molecule has 1 N–H and O–H groups in total. The summed E-state index contributed by atoms with van der Waals surface area (Å²) >= 11 is 0. The number of carbonyl (C=O) groups is 1. The number of nitrogens with one attached hydrogen (secondary N) is 1. The smallest absolute Gasteiger partial charge is 0.226 e. The van der Waals surface area contributed by atoms with Gasteiger partial charge in [-0.15, -0.1) is 0 Å². The Morgan fingerprint density at radius 1 is 1.28 bits per heavy atom. The van der Waals surface area contributed by atoms with E-state index in [-0.39, 0.29) is 17.9 Å². The molecule has 3 heterocycles. The van der Waals surface area contributed by atoms with E-state index in [9.17, 15) is 4.79 Å². The van der Waals surface area contributed by atoms with Gasteiger partial charge in [0.1, 0.15) is 25.1 Å². The Bertz CT molecular complexity index is 773. The number of ether oxygens (including phenoxy) is 3. The summed E-state index contributed by atoms with van der Waals surface area (Å²) in [5, 5.41) is 3.01. The van der Waals surface area contributed by atoms with Crippen molar-refractivity contribution >= 4 is 5.91 Å². The first-order chi connectivity index (χ1) is 12.2. The van der Waals surface area contributed by atoms with Gasteiger partial charge < -0.3 is 24.1 Å². The van der Waals surface area contributed by atoms with Gasteiger partial charge in [0.05, 0.1) is 5.92 Å². The number of amides is 1. The molecule has 0 bridgehead atoms. The van der Waals surface area contributed by atoms with E-state index in [4.69, 9.17) is 14.2 Å². The molecule has 2 atom stereocenters. The fourth-order valence-electron chi connectivity index (χ4n) is 3.28. The van der Waals surface area contributed by atoms with Gasteiger partial charge >= 0.3 is 0 Å². The molecule has 2 aromatic rings. The average Bonchev–Trinajstić information content (AvgIpc) is 3.28. The van der Waals surface area contributed by atoms with Crippen LogP contribution in [0.5, 0.6) is 11.5 Å². The van der Waals surface area contributed by atoms with Crippen molar-refractivity contribution in [1.29, 1.82) is 0 Å². The van der Waals surface area contributed by atoms with E-state index < -0.39 is 0 Å². The van der Waals surface area contributed by atoms with Gasteiger partial charge in [-0.1, -0.05) is 6.07 Å². The zero-order chi connectivity index (χ0) is 17.2. The van der Waals surface area contributed by atoms with Crippen LogP contribution in [-0.2, 0) is 23.1 Å². The van der Waals surface area contributed by atoms with Crippen LogP contribution in [0, 0.1) is 5.92 Å². The van der Waals surface area contributed by atoms with Crippen molar-refractivity contribution in [2.24, 2.45) is 13.0 Å². The first-order valence-electron chi connectivity index (χ1n) is 8.47. The van der Waals surface area contributed by atoms with Crippen LogP contribution >= 0.6 is 0 Å². The van der Waals surface area contributed by atoms with Crippen LogP contribution < -0.4 is 14.8 Å². The number of aromatic nitrogens is 2. The molecule has 0 saturated carbocycles. The van der Waals surface area contributed by atoms with Crippen molar-refractivity contribution in [3.63, 3.8) is 0 Å². The lowest BCUT2D eigenvalue weighted by Crippen LogP contribution is -2.32. The lowest BCUT2D eigenvalue weighted by molar-refractivity contribution is -0.127. The molecule has 0 aliphatic carbocycles. The zero-order valence-corrected chi connectivity index (χ0v) is 14.1. The lowest BCUT2D eigenvalue weighted by Gasteiger charge is -2.20. The summed E-state index contributed by atoms with van der Waals surface area (Å²) < 4.78 is 18.8. The van der Waals surface area contributed by atoms with E-state index in [1.807, 2.05) is 36.0 Å². The number of fused-ring (bicyclic) bond motifs is 1. The second-order valence-electron chi connectivity index (χ2n) is 6.28. The highest BCUT2D eigenvalue weighted by atomic mass is 16.6. The fourth-order valence-corrected chi connectivity index (χ4v) is 3.28. The number of imidazole rings is 1. The number of rotatable bonds is 4. The van der Waals surface area contributed by atoms with Crippen molar-refractivity contribution in [2.75, 3.05) is 19.8 Å². The maximum atomic E-state index is 12.6. The van der Waals surface area contributed by atoms with Crippen molar-refractivity contribution in [3.05, 3.63) is 42.0 Å². The Labute approximate surface area is 145 Å². The summed E-state index contributed by atoms with van der Waals surface area (Å²) in [7, 11) is 1.91. The van der Waals surface area contributed by atoms with Gasteiger partial charge in [-0.2, -0.15) is 0 Å². The van der Waals surface area contributed by atoms with E-state index >= 15 is 0 Å². The molecule has 7 heteroatoms. The van der Waals surface area contributed by atoms with Crippen molar-refractivity contribution < 1.29 is 19.0 Å². The quantitative estimate of drug-likeness (QED) is 0.912. The Morgan fingerprint density at radius 3 is 2.92 bits per heavy atom. The molecule has 1 saturated heterocycles.